The highest BCUT2D eigenvalue weighted by Gasteiger charge is 2.16. The van der Waals surface area contributed by atoms with Gasteiger partial charge >= 0.3 is 5.97 Å². The molecule has 142 valence electrons. The quantitative estimate of drug-likeness (QED) is 0.455. The van der Waals surface area contributed by atoms with Crippen molar-refractivity contribution >= 4 is 23.6 Å². The maximum Gasteiger partial charge on any atom is 0.361 e. The van der Waals surface area contributed by atoms with E-state index in [2.05, 4.69) is 20.8 Å². The largest absolute Gasteiger partial charge is 0.493 e. The van der Waals surface area contributed by atoms with Gasteiger partial charge in [0.25, 0.3) is 11.8 Å². The number of anilines is 1. The molecule has 0 atom stereocenters. The van der Waals surface area contributed by atoms with E-state index in [0.29, 0.717) is 11.5 Å². The third kappa shape index (κ3) is 5.04. The third-order valence-electron chi connectivity index (χ3n) is 3.22. The smallest absolute Gasteiger partial charge is 0.361 e. The molecule has 0 fully saturated rings. The number of nitrogens with one attached hydrogen (secondary N) is 2. The normalized spacial score (nSPS) is 9.85. The van der Waals surface area contributed by atoms with E-state index in [1.807, 2.05) is 0 Å². The number of nitrogens with two attached hydrogens (primary N) is 1. The highest BCUT2D eigenvalue weighted by Crippen LogP contribution is 2.27. The van der Waals surface area contributed by atoms with Crippen LogP contribution >= 0.6 is 0 Å². The first-order chi connectivity index (χ1) is 13.0. The molecule has 0 spiro atoms. The summed E-state index contributed by atoms with van der Waals surface area (Å²) in [6.45, 7) is -0.652. The van der Waals surface area contributed by atoms with Gasteiger partial charge in [-0.25, -0.2) is 14.8 Å². The number of carbonyl (C=O) groups is 3. The highest BCUT2D eigenvalue weighted by molar-refractivity contribution is 5.96. The number of amides is 2. The topological polar surface area (TPSA) is 155 Å². The number of aromatic nitrogens is 2. The summed E-state index contributed by atoms with van der Waals surface area (Å²) in [6.07, 6.45) is 2.57. The van der Waals surface area contributed by atoms with Crippen molar-refractivity contribution in [1.29, 1.82) is 0 Å². The Morgan fingerprint density at radius 1 is 1.04 bits per heavy atom. The van der Waals surface area contributed by atoms with Crippen LogP contribution < -0.4 is 26.1 Å². The molecule has 1 aromatic carbocycles. The number of rotatable bonds is 6. The van der Waals surface area contributed by atoms with E-state index >= 15 is 0 Å². The van der Waals surface area contributed by atoms with Gasteiger partial charge < -0.3 is 19.9 Å². The van der Waals surface area contributed by atoms with Gasteiger partial charge in [-0.3, -0.25) is 20.4 Å². The van der Waals surface area contributed by atoms with Gasteiger partial charge in [0.15, 0.2) is 29.6 Å². The van der Waals surface area contributed by atoms with Crippen LogP contribution in [0.2, 0.25) is 0 Å². The van der Waals surface area contributed by atoms with Crippen LogP contribution in [-0.2, 0) is 9.53 Å². The van der Waals surface area contributed by atoms with Gasteiger partial charge in [0.1, 0.15) is 0 Å². The predicted octanol–water partition coefficient (Wildman–Crippen LogP) is -0.306. The minimum absolute atomic E-state index is 0.121. The van der Waals surface area contributed by atoms with Crippen molar-refractivity contribution in [1.82, 2.24) is 20.8 Å². The Hall–Kier alpha value is -3.89. The number of esters is 1. The second-order valence-electron chi connectivity index (χ2n) is 4.94. The first kappa shape index (κ1) is 19.4. The Bertz CT molecular complexity index is 857. The lowest BCUT2D eigenvalue weighted by Gasteiger charge is -2.11. The standard InChI is InChI=1S/C16H17N5O6/c1-25-10-4-3-9(7-11(10)26-2)15(23)21-20-12(22)8-27-16(24)13-14(17)19-6-5-18-13/h3-7H,8H2,1-2H3,(H2,17,19)(H,20,22)(H,21,23). The van der Waals surface area contributed by atoms with Gasteiger partial charge in [-0.15, -0.1) is 0 Å². The van der Waals surface area contributed by atoms with E-state index in [1.54, 1.807) is 6.07 Å². The Morgan fingerprint density at radius 2 is 1.74 bits per heavy atom. The number of hydrogen-bond donors (Lipinski definition) is 3. The number of hydrazine groups is 1. The molecule has 0 saturated heterocycles. The molecule has 1 heterocycles. The highest BCUT2D eigenvalue weighted by atomic mass is 16.5. The summed E-state index contributed by atoms with van der Waals surface area (Å²) in [5, 5.41) is 0. The van der Waals surface area contributed by atoms with E-state index < -0.39 is 24.4 Å². The molecule has 11 nitrogen and oxygen atoms in total. The Labute approximate surface area is 153 Å². The average molecular weight is 375 g/mol. The number of ether oxygens (including phenoxy) is 3. The summed E-state index contributed by atoms with van der Waals surface area (Å²) in [4.78, 5) is 42.9. The van der Waals surface area contributed by atoms with E-state index in [0.717, 1.165) is 0 Å². The lowest BCUT2D eigenvalue weighted by atomic mass is 10.2. The fourth-order valence-electron chi connectivity index (χ4n) is 1.92. The molecule has 0 aliphatic rings. The van der Waals surface area contributed by atoms with Gasteiger partial charge in [-0.1, -0.05) is 0 Å². The van der Waals surface area contributed by atoms with Crippen molar-refractivity contribution in [3.8, 4) is 11.5 Å². The zero-order valence-electron chi connectivity index (χ0n) is 14.5. The molecule has 2 amide bonds. The molecular weight excluding hydrogens is 358 g/mol. The summed E-state index contributed by atoms with van der Waals surface area (Å²) < 4.78 is 14.9. The monoisotopic (exact) mass is 375 g/mol. The molecular formula is C16H17N5O6. The fraction of sp³-hybridized carbons (Fsp3) is 0.188. The van der Waals surface area contributed by atoms with Crippen LogP contribution in [0, 0.1) is 0 Å². The molecule has 2 rings (SSSR count). The first-order valence-corrected chi connectivity index (χ1v) is 7.51. The lowest BCUT2D eigenvalue weighted by Crippen LogP contribution is -2.43. The number of nitrogen functional groups attached to an aromatic ring is 1. The minimum atomic E-state index is -0.915. The second kappa shape index (κ2) is 8.99. The Morgan fingerprint density at radius 3 is 2.41 bits per heavy atom. The van der Waals surface area contributed by atoms with E-state index in [9.17, 15) is 14.4 Å². The number of methoxy groups -OCH3 is 2. The van der Waals surface area contributed by atoms with Crippen molar-refractivity contribution in [2.24, 2.45) is 0 Å². The summed E-state index contributed by atoms with van der Waals surface area (Å²) in [5.41, 5.74) is 9.79. The molecule has 11 heteroatoms. The van der Waals surface area contributed by atoms with Crippen LogP contribution in [0.5, 0.6) is 11.5 Å². The zero-order chi connectivity index (χ0) is 19.8. The molecule has 1 aromatic heterocycles. The summed E-state index contributed by atoms with van der Waals surface area (Å²) >= 11 is 0. The van der Waals surface area contributed by atoms with Gasteiger partial charge in [0, 0.05) is 18.0 Å². The van der Waals surface area contributed by atoms with Crippen molar-refractivity contribution in [2.75, 3.05) is 26.6 Å². The summed E-state index contributed by atoms with van der Waals surface area (Å²) in [5.74, 6) is -1.60. The van der Waals surface area contributed by atoms with E-state index in [1.165, 1.54) is 38.7 Å². The van der Waals surface area contributed by atoms with Crippen LogP contribution in [0.3, 0.4) is 0 Å². The molecule has 0 bridgehead atoms. The molecule has 0 unspecified atom stereocenters. The van der Waals surface area contributed by atoms with Crippen molar-refractivity contribution in [3.63, 3.8) is 0 Å². The maximum absolute atomic E-state index is 12.1. The Balaban J connectivity index is 1.85. The molecule has 0 saturated carbocycles. The molecule has 0 aliphatic carbocycles. The van der Waals surface area contributed by atoms with E-state index in [-0.39, 0.29) is 17.1 Å². The van der Waals surface area contributed by atoms with Crippen LogP contribution in [-0.4, -0.2) is 48.6 Å². The molecule has 2 aromatic rings. The third-order valence-corrected chi connectivity index (χ3v) is 3.22. The van der Waals surface area contributed by atoms with E-state index in [4.69, 9.17) is 19.9 Å². The fourth-order valence-corrected chi connectivity index (χ4v) is 1.92. The van der Waals surface area contributed by atoms with Gasteiger partial charge in [-0.2, -0.15) is 0 Å². The molecule has 4 N–H and O–H groups in total. The van der Waals surface area contributed by atoms with Crippen molar-refractivity contribution < 1.29 is 28.6 Å². The average Bonchev–Trinajstić information content (AvgIpc) is 2.69. The summed E-state index contributed by atoms with van der Waals surface area (Å²) in [7, 11) is 2.90. The Kier molecular flexibility index (Phi) is 6.47. The SMILES string of the molecule is COc1ccc(C(=O)NNC(=O)COC(=O)c2nccnc2N)cc1OC. The van der Waals surface area contributed by atoms with Crippen molar-refractivity contribution in [2.45, 2.75) is 0 Å². The summed E-state index contributed by atoms with van der Waals surface area (Å²) in [6, 6.07) is 4.47. The number of carbonyl (C=O) groups excluding carboxylic acids is 3. The lowest BCUT2D eigenvalue weighted by molar-refractivity contribution is -0.125. The van der Waals surface area contributed by atoms with Crippen molar-refractivity contribution in [3.05, 3.63) is 41.9 Å². The minimum Gasteiger partial charge on any atom is -0.493 e. The predicted molar refractivity (Wildman–Crippen MR) is 91.9 cm³/mol. The molecule has 0 radical (unpaired) electrons. The zero-order valence-corrected chi connectivity index (χ0v) is 14.5. The van der Waals surface area contributed by atoms with Crippen LogP contribution in [0.25, 0.3) is 0 Å². The van der Waals surface area contributed by atoms with Gasteiger partial charge in [-0.05, 0) is 18.2 Å². The van der Waals surface area contributed by atoms with Crippen LogP contribution in [0.4, 0.5) is 5.82 Å². The number of benzene rings is 1. The number of hydrogen-bond acceptors (Lipinski definition) is 9. The molecule has 27 heavy (non-hydrogen) atoms. The first-order valence-electron chi connectivity index (χ1n) is 7.51. The number of nitrogens with zero attached hydrogens (tertiary/aromatic N) is 2. The molecule has 0 aliphatic heterocycles. The van der Waals surface area contributed by atoms with Gasteiger partial charge in [0.2, 0.25) is 0 Å². The van der Waals surface area contributed by atoms with Crippen LogP contribution in [0.15, 0.2) is 30.6 Å². The van der Waals surface area contributed by atoms with Gasteiger partial charge in [0.05, 0.1) is 14.2 Å². The maximum atomic E-state index is 12.1. The van der Waals surface area contributed by atoms with Crippen LogP contribution in [0.1, 0.15) is 20.8 Å². The second-order valence-corrected chi connectivity index (χ2v) is 4.94.